The molecule has 7 rings (SSSR count). The molecular formula is C54H67F2N5O2. The number of carbonyl (C=O) groups is 1. The van der Waals surface area contributed by atoms with Gasteiger partial charge in [-0.1, -0.05) is 81.1 Å². The van der Waals surface area contributed by atoms with Crippen molar-refractivity contribution in [1.82, 2.24) is 15.1 Å². The fraction of sp³-hybridized carbons (Fsp3) is 0.389. The Balaban J connectivity index is 0.00000158. The lowest BCUT2D eigenvalue weighted by Gasteiger charge is -2.40. The van der Waals surface area contributed by atoms with E-state index in [0.29, 0.717) is 17.5 Å². The zero-order valence-corrected chi connectivity index (χ0v) is 37.7. The Bertz CT molecular complexity index is 2180. The molecule has 2 aliphatic heterocycles. The summed E-state index contributed by atoms with van der Waals surface area (Å²) < 4.78 is 26.9. The number of rotatable bonds is 16. The number of aryl methyl sites for hydroxylation is 1. The van der Waals surface area contributed by atoms with Crippen LogP contribution in [0.5, 0.6) is 0 Å². The second-order valence-corrected chi connectivity index (χ2v) is 17.2. The quantitative estimate of drug-likeness (QED) is 0.0661. The Kier molecular flexibility index (Phi) is 16.9. The number of carbonyl (C=O) groups excluding carboxylic acids is 1. The smallest absolute Gasteiger partial charge is 0.263 e. The van der Waals surface area contributed by atoms with Crippen molar-refractivity contribution in [1.29, 1.82) is 0 Å². The molecule has 2 N–H and O–H groups in total. The van der Waals surface area contributed by atoms with Crippen molar-refractivity contribution in [2.75, 3.05) is 69.7 Å². The van der Waals surface area contributed by atoms with Crippen molar-refractivity contribution >= 4 is 34.6 Å². The molecule has 9 heteroatoms. The second kappa shape index (κ2) is 22.7. The molecule has 1 aliphatic carbocycles. The Hall–Kier alpha value is -5.51. The molecule has 1 unspecified atom stereocenters. The Morgan fingerprint density at radius 2 is 1.52 bits per heavy atom. The van der Waals surface area contributed by atoms with Gasteiger partial charge in [0, 0.05) is 93.5 Å². The topological polar surface area (TPSA) is 62.3 Å². The molecule has 1 atom stereocenters. The molecular weight excluding hydrogens is 789 g/mol. The van der Waals surface area contributed by atoms with Gasteiger partial charge in [-0.2, -0.15) is 0 Å². The van der Waals surface area contributed by atoms with Crippen LogP contribution in [0, 0.1) is 5.92 Å². The van der Waals surface area contributed by atoms with Gasteiger partial charge in [0.15, 0.2) is 0 Å². The van der Waals surface area contributed by atoms with Gasteiger partial charge in [0.05, 0.1) is 0 Å². The second-order valence-electron chi connectivity index (χ2n) is 17.2. The van der Waals surface area contributed by atoms with Gasteiger partial charge in [0.1, 0.15) is 12.0 Å². The molecule has 0 bridgehead atoms. The van der Waals surface area contributed by atoms with Gasteiger partial charge >= 0.3 is 0 Å². The molecule has 0 aromatic heterocycles. The standard InChI is InChI=1S/C51H60F2N4O2.C3H7N/c1-5-8-45(6-2)54(4)34-44-32-47(21-17-43(44)35-58)57-29-27-55(28-30-57)33-37-23-25-56(26-24-37)46-19-15-39(16-20-46)50-48(38-11-13-40(14-12-38)51(52)53)10-7-9-42-31-41(36(3)59)18-22-49(42)50;1-3-4-2/h6,11-22,31-32,35,37,45,51,59H,2-3,5,7-10,23-30,33-34H2,1,4H3;3-4H,1H2,2H3. The molecule has 0 spiro atoms. The van der Waals surface area contributed by atoms with Gasteiger partial charge in [0.2, 0.25) is 0 Å². The molecule has 63 heavy (non-hydrogen) atoms. The Morgan fingerprint density at radius 3 is 2.13 bits per heavy atom. The van der Waals surface area contributed by atoms with Crippen LogP contribution in [0.3, 0.4) is 0 Å². The van der Waals surface area contributed by atoms with E-state index in [1.165, 1.54) is 11.4 Å². The molecule has 2 heterocycles. The fourth-order valence-electron chi connectivity index (χ4n) is 9.42. The number of anilines is 2. The van der Waals surface area contributed by atoms with Crippen molar-refractivity contribution in [2.24, 2.45) is 5.92 Å². The summed E-state index contributed by atoms with van der Waals surface area (Å²) in [5, 5.41) is 12.9. The predicted octanol–water partition coefficient (Wildman–Crippen LogP) is 11.4. The lowest BCUT2D eigenvalue weighted by molar-refractivity contribution is 0.112. The summed E-state index contributed by atoms with van der Waals surface area (Å²) in [6.07, 6.45) is 9.17. The summed E-state index contributed by atoms with van der Waals surface area (Å²) in [4.78, 5) is 21.8. The molecule has 0 amide bonds. The van der Waals surface area contributed by atoms with Crippen molar-refractivity contribution in [3.8, 4) is 0 Å². The predicted molar refractivity (Wildman–Crippen MR) is 260 cm³/mol. The zero-order valence-electron chi connectivity index (χ0n) is 37.7. The van der Waals surface area contributed by atoms with E-state index in [1.54, 1.807) is 18.3 Å². The normalized spacial score (nSPS) is 16.5. The van der Waals surface area contributed by atoms with E-state index in [1.807, 2.05) is 43.5 Å². The van der Waals surface area contributed by atoms with Gasteiger partial charge < -0.3 is 20.2 Å². The van der Waals surface area contributed by atoms with Crippen molar-refractivity contribution in [3.05, 3.63) is 161 Å². The minimum absolute atomic E-state index is 0.0311. The van der Waals surface area contributed by atoms with Gasteiger partial charge in [-0.05, 0) is 133 Å². The number of aldehydes is 1. The summed E-state index contributed by atoms with van der Waals surface area (Å²) in [5.74, 6) is 0.719. The number of nitrogens with zero attached hydrogens (tertiary/aromatic N) is 4. The minimum atomic E-state index is -2.50. The van der Waals surface area contributed by atoms with Gasteiger partial charge in [-0.3, -0.25) is 14.6 Å². The van der Waals surface area contributed by atoms with E-state index in [2.05, 4.69) is 101 Å². The van der Waals surface area contributed by atoms with Crippen molar-refractivity contribution in [2.45, 2.75) is 70.9 Å². The first-order valence-corrected chi connectivity index (χ1v) is 22.7. The highest BCUT2D eigenvalue weighted by Gasteiger charge is 2.26. The lowest BCUT2D eigenvalue weighted by atomic mass is 9.87. The molecule has 0 saturated carbocycles. The number of likely N-dealkylation sites (N-methyl/N-ethyl adjacent to an activating group) is 1. The van der Waals surface area contributed by atoms with Crippen LogP contribution in [0.2, 0.25) is 0 Å². The SMILES string of the molecule is C=CC(CCC)N(C)Cc1cc(N2CCN(CC3CCN(c4ccc(C5=C(c6ccc(C(F)F)cc6)CCCc6cc(C(=C)O)ccc65)cc4)CC3)CC2)ccc1C=O.C=CNC. The molecule has 334 valence electrons. The molecule has 3 aliphatic rings. The Morgan fingerprint density at radius 1 is 0.873 bits per heavy atom. The van der Waals surface area contributed by atoms with Crippen LogP contribution in [0.15, 0.2) is 117 Å². The first kappa shape index (κ1) is 47.0. The molecule has 2 saturated heterocycles. The minimum Gasteiger partial charge on any atom is -0.508 e. The first-order valence-electron chi connectivity index (χ1n) is 22.7. The van der Waals surface area contributed by atoms with Crippen molar-refractivity contribution < 1.29 is 18.7 Å². The summed E-state index contributed by atoms with van der Waals surface area (Å²) in [6.45, 7) is 21.3. The molecule has 4 aromatic carbocycles. The zero-order chi connectivity index (χ0) is 44.9. The number of fused-ring (bicyclic) bond motifs is 1. The maximum Gasteiger partial charge on any atom is 0.263 e. The van der Waals surface area contributed by atoms with Crippen LogP contribution in [0.4, 0.5) is 20.2 Å². The third kappa shape index (κ3) is 11.9. The van der Waals surface area contributed by atoms with Crippen LogP contribution in [0.25, 0.3) is 16.9 Å². The molecule has 4 aromatic rings. The van der Waals surface area contributed by atoms with Gasteiger partial charge in [-0.25, -0.2) is 8.78 Å². The number of alkyl halides is 2. The number of hydrogen-bond acceptors (Lipinski definition) is 7. The van der Waals surface area contributed by atoms with E-state index >= 15 is 0 Å². The van der Waals surface area contributed by atoms with Crippen LogP contribution < -0.4 is 15.1 Å². The van der Waals surface area contributed by atoms with Gasteiger partial charge in [0.25, 0.3) is 6.43 Å². The number of allylic oxidation sites excluding steroid dienone is 1. The van der Waals surface area contributed by atoms with Crippen LogP contribution in [-0.2, 0) is 13.0 Å². The average molecular weight is 856 g/mol. The van der Waals surface area contributed by atoms with E-state index in [4.69, 9.17) is 0 Å². The summed E-state index contributed by atoms with van der Waals surface area (Å²) in [5.41, 5.74) is 11.6. The highest BCUT2D eigenvalue weighted by Crippen LogP contribution is 2.41. The largest absolute Gasteiger partial charge is 0.508 e. The number of piperidine rings is 1. The molecule has 7 nitrogen and oxygen atoms in total. The van der Waals surface area contributed by atoms with Crippen molar-refractivity contribution in [3.63, 3.8) is 0 Å². The van der Waals surface area contributed by atoms with E-state index < -0.39 is 6.43 Å². The number of benzene rings is 4. The number of piperazine rings is 1. The lowest BCUT2D eigenvalue weighted by Crippen LogP contribution is -2.49. The summed E-state index contributed by atoms with van der Waals surface area (Å²) >= 11 is 0. The molecule has 2 fully saturated rings. The maximum absolute atomic E-state index is 13.5. The average Bonchev–Trinajstić information content (AvgIpc) is 3.51. The number of aliphatic hydroxyl groups is 1. The van der Waals surface area contributed by atoms with E-state index in [9.17, 15) is 18.7 Å². The van der Waals surface area contributed by atoms with Crippen LogP contribution >= 0.6 is 0 Å². The van der Waals surface area contributed by atoms with Crippen LogP contribution in [0.1, 0.15) is 101 Å². The van der Waals surface area contributed by atoms with Gasteiger partial charge in [-0.15, -0.1) is 6.58 Å². The Labute approximate surface area is 375 Å². The highest BCUT2D eigenvalue weighted by atomic mass is 19.3. The summed E-state index contributed by atoms with van der Waals surface area (Å²) in [6, 6.07) is 28.3. The van der Waals surface area contributed by atoms with E-state index in [-0.39, 0.29) is 11.3 Å². The number of halogens is 2. The summed E-state index contributed by atoms with van der Waals surface area (Å²) in [7, 11) is 3.93. The maximum atomic E-state index is 13.5. The third-order valence-corrected chi connectivity index (χ3v) is 13.1. The fourth-order valence-corrected chi connectivity index (χ4v) is 9.42. The highest BCUT2D eigenvalue weighted by molar-refractivity contribution is 6.00. The molecule has 0 radical (unpaired) electrons. The van der Waals surface area contributed by atoms with Crippen LogP contribution in [-0.4, -0.2) is 87.1 Å². The van der Waals surface area contributed by atoms with E-state index in [0.717, 1.165) is 148 Å². The number of aliphatic hydroxyl groups excluding tert-OH is 1. The monoisotopic (exact) mass is 856 g/mol. The third-order valence-electron chi connectivity index (χ3n) is 13.1. The first-order chi connectivity index (χ1) is 30.6. The number of hydrogen-bond donors (Lipinski definition) is 2. The number of nitrogens with one attached hydrogen (secondary N) is 1.